The minimum atomic E-state index is -0.163. The standard InChI is InChI=1S/C13H20N2O2S/c1-15-7-5-10(6-8-15)13-14-11(9-18-13)3-4-12(16)17-2/h9-10H,3-8H2,1-2H3. The Bertz CT molecular complexity index is 397. The summed E-state index contributed by atoms with van der Waals surface area (Å²) in [6, 6.07) is 0. The van der Waals surface area contributed by atoms with Crippen molar-refractivity contribution >= 4 is 17.3 Å². The molecule has 0 aliphatic carbocycles. The first-order valence-electron chi connectivity index (χ1n) is 6.38. The number of hydrogen-bond acceptors (Lipinski definition) is 5. The molecule has 5 heteroatoms. The van der Waals surface area contributed by atoms with Crippen LogP contribution in [-0.4, -0.2) is 43.1 Å². The number of rotatable bonds is 4. The first kappa shape index (κ1) is 13.5. The van der Waals surface area contributed by atoms with Crippen molar-refractivity contribution in [3.63, 3.8) is 0 Å². The summed E-state index contributed by atoms with van der Waals surface area (Å²) in [6.07, 6.45) is 3.50. The summed E-state index contributed by atoms with van der Waals surface area (Å²) in [6.45, 7) is 2.31. The number of methoxy groups -OCH3 is 1. The van der Waals surface area contributed by atoms with E-state index in [1.54, 1.807) is 11.3 Å². The molecular weight excluding hydrogens is 248 g/mol. The number of aromatic nitrogens is 1. The van der Waals surface area contributed by atoms with Crippen molar-refractivity contribution < 1.29 is 9.53 Å². The Hall–Kier alpha value is -0.940. The molecule has 2 rings (SSSR count). The van der Waals surface area contributed by atoms with Gasteiger partial charge in [-0.15, -0.1) is 11.3 Å². The van der Waals surface area contributed by atoms with Crippen molar-refractivity contribution in [2.24, 2.45) is 0 Å². The zero-order valence-electron chi connectivity index (χ0n) is 11.0. The third-order valence-electron chi connectivity index (χ3n) is 3.45. The van der Waals surface area contributed by atoms with Gasteiger partial charge in [0.05, 0.1) is 24.2 Å². The highest BCUT2D eigenvalue weighted by Crippen LogP contribution is 2.29. The maximum absolute atomic E-state index is 11.1. The lowest BCUT2D eigenvalue weighted by Crippen LogP contribution is -2.29. The number of hydrogen-bond donors (Lipinski definition) is 0. The molecule has 0 aromatic carbocycles. The molecule has 4 nitrogen and oxygen atoms in total. The monoisotopic (exact) mass is 268 g/mol. The second-order valence-corrected chi connectivity index (χ2v) is 5.72. The van der Waals surface area contributed by atoms with Gasteiger partial charge < -0.3 is 9.64 Å². The average Bonchev–Trinajstić information content (AvgIpc) is 2.85. The van der Waals surface area contributed by atoms with Crippen LogP contribution >= 0.6 is 11.3 Å². The van der Waals surface area contributed by atoms with Crippen molar-refractivity contribution in [3.8, 4) is 0 Å². The third-order valence-corrected chi connectivity index (χ3v) is 4.51. The molecule has 2 heterocycles. The molecule has 1 saturated heterocycles. The van der Waals surface area contributed by atoms with Gasteiger partial charge in [-0.1, -0.05) is 0 Å². The third kappa shape index (κ3) is 3.53. The number of ether oxygens (including phenoxy) is 1. The Balaban J connectivity index is 1.87. The molecule has 0 bridgehead atoms. The van der Waals surface area contributed by atoms with Gasteiger partial charge in [0.2, 0.25) is 0 Å². The molecule has 1 aliphatic rings. The summed E-state index contributed by atoms with van der Waals surface area (Å²) < 4.78 is 4.64. The molecular formula is C13H20N2O2S. The van der Waals surface area contributed by atoms with E-state index < -0.39 is 0 Å². The van der Waals surface area contributed by atoms with Crippen molar-refractivity contribution in [1.82, 2.24) is 9.88 Å². The predicted octanol–water partition coefficient (Wildman–Crippen LogP) is 2.06. The maximum atomic E-state index is 11.1. The highest BCUT2D eigenvalue weighted by Gasteiger charge is 2.21. The normalized spacial score (nSPS) is 17.9. The van der Waals surface area contributed by atoms with Gasteiger partial charge in [-0.3, -0.25) is 4.79 Å². The van der Waals surface area contributed by atoms with Crippen molar-refractivity contribution in [2.45, 2.75) is 31.6 Å². The molecule has 1 fully saturated rings. The number of esters is 1. The molecule has 0 spiro atoms. The molecule has 0 amide bonds. The van der Waals surface area contributed by atoms with Gasteiger partial charge in [-0.25, -0.2) is 4.98 Å². The van der Waals surface area contributed by atoms with E-state index in [0.29, 0.717) is 18.8 Å². The van der Waals surface area contributed by atoms with Crippen LogP contribution in [-0.2, 0) is 16.0 Å². The number of carbonyl (C=O) groups excluding carboxylic acids is 1. The molecule has 18 heavy (non-hydrogen) atoms. The number of thiazole rings is 1. The van der Waals surface area contributed by atoms with E-state index in [9.17, 15) is 4.79 Å². The zero-order valence-corrected chi connectivity index (χ0v) is 11.8. The van der Waals surface area contributed by atoms with Crippen LogP contribution in [0.5, 0.6) is 0 Å². The lowest BCUT2D eigenvalue weighted by Gasteiger charge is -2.27. The summed E-state index contributed by atoms with van der Waals surface area (Å²) in [7, 11) is 3.59. The summed E-state index contributed by atoms with van der Waals surface area (Å²) in [5, 5.41) is 3.32. The predicted molar refractivity (Wildman–Crippen MR) is 71.9 cm³/mol. The van der Waals surface area contributed by atoms with E-state index >= 15 is 0 Å². The van der Waals surface area contributed by atoms with Crippen LogP contribution in [0.15, 0.2) is 5.38 Å². The lowest BCUT2D eigenvalue weighted by atomic mass is 9.98. The molecule has 100 valence electrons. The minimum absolute atomic E-state index is 0.163. The molecule has 1 aromatic heterocycles. The van der Waals surface area contributed by atoms with Gasteiger partial charge in [-0.05, 0) is 33.0 Å². The topological polar surface area (TPSA) is 42.4 Å². The molecule has 0 atom stereocenters. The van der Waals surface area contributed by atoms with Gasteiger partial charge in [0.25, 0.3) is 0 Å². The van der Waals surface area contributed by atoms with Crippen molar-refractivity contribution in [2.75, 3.05) is 27.2 Å². The number of likely N-dealkylation sites (tertiary alicyclic amines) is 1. The number of carbonyl (C=O) groups is 1. The number of piperidine rings is 1. The van der Waals surface area contributed by atoms with Gasteiger partial charge in [-0.2, -0.15) is 0 Å². The highest BCUT2D eigenvalue weighted by molar-refractivity contribution is 7.09. The summed E-state index contributed by atoms with van der Waals surface area (Å²) in [4.78, 5) is 18.1. The van der Waals surface area contributed by atoms with E-state index in [4.69, 9.17) is 0 Å². The van der Waals surface area contributed by atoms with Crippen LogP contribution < -0.4 is 0 Å². The zero-order chi connectivity index (χ0) is 13.0. The van der Waals surface area contributed by atoms with Gasteiger partial charge in [0, 0.05) is 17.7 Å². The second kappa shape index (κ2) is 6.29. The van der Waals surface area contributed by atoms with Crippen LogP contribution in [0.25, 0.3) is 0 Å². The van der Waals surface area contributed by atoms with Crippen LogP contribution in [0, 0.1) is 0 Å². The fourth-order valence-electron chi connectivity index (χ4n) is 2.21. The van der Waals surface area contributed by atoms with Crippen molar-refractivity contribution in [1.29, 1.82) is 0 Å². The fourth-order valence-corrected chi connectivity index (χ4v) is 3.24. The number of nitrogens with zero attached hydrogens (tertiary/aromatic N) is 2. The molecule has 0 saturated carbocycles. The number of aryl methyl sites for hydroxylation is 1. The van der Waals surface area contributed by atoms with Crippen LogP contribution in [0.4, 0.5) is 0 Å². The molecule has 0 unspecified atom stereocenters. The maximum Gasteiger partial charge on any atom is 0.305 e. The molecule has 0 radical (unpaired) electrons. The fraction of sp³-hybridized carbons (Fsp3) is 0.692. The Labute approximate surface area is 112 Å². The van der Waals surface area contributed by atoms with E-state index in [-0.39, 0.29) is 5.97 Å². The lowest BCUT2D eigenvalue weighted by molar-refractivity contribution is -0.140. The van der Waals surface area contributed by atoms with E-state index in [1.165, 1.54) is 25.0 Å². The van der Waals surface area contributed by atoms with Crippen LogP contribution in [0.2, 0.25) is 0 Å². The minimum Gasteiger partial charge on any atom is -0.469 e. The Morgan fingerprint density at radius 1 is 1.56 bits per heavy atom. The van der Waals surface area contributed by atoms with E-state index in [0.717, 1.165) is 18.8 Å². The highest BCUT2D eigenvalue weighted by atomic mass is 32.1. The summed E-state index contributed by atoms with van der Waals surface area (Å²) in [5.41, 5.74) is 1.03. The SMILES string of the molecule is COC(=O)CCc1csc(C2CCN(C)CC2)n1. The van der Waals surface area contributed by atoms with Gasteiger partial charge in [0.1, 0.15) is 0 Å². The molecule has 1 aliphatic heterocycles. The van der Waals surface area contributed by atoms with Gasteiger partial charge in [0.15, 0.2) is 0 Å². The van der Waals surface area contributed by atoms with E-state index in [2.05, 4.69) is 27.0 Å². The Morgan fingerprint density at radius 2 is 2.28 bits per heavy atom. The van der Waals surface area contributed by atoms with Crippen molar-refractivity contribution in [3.05, 3.63) is 16.1 Å². The van der Waals surface area contributed by atoms with Gasteiger partial charge >= 0.3 is 5.97 Å². The van der Waals surface area contributed by atoms with Crippen LogP contribution in [0.1, 0.15) is 35.9 Å². The smallest absolute Gasteiger partial charge is 0.305 e. The Morgan fingerprint density at radius 3 is 2.94 bits per heavy atom. The first-order valence-corrected chi connectivity index (χ1v) is 7.26. The summed E-state index contributed by atoms with van der Waals surface area (Å²) in [5.74, 6) is 0.446. The van der Waals surface area contributed by atoms with E-state index in [1.807, 2.05) is 0 Å². The molecule has 0 N–H and O–H groups in total. The second-order valence-electron chi connectivity index (χ2n) is 4.83. The molecule has 1 aromatic rings. The first-order chi connectivity index (χ1) is 8.69. The largest absolute Gasteiger partial charge is 0.469 e. The quantitative estimate of drug-likeness (QED) is 0.784. The Kier molecular flexibility index (Phi) is 4.72. The van der Waals surface area contributed by atoms with Crippen LogP contribution in [0.3, 0.4) is 0 Å². The summed E-state index contributed by atoms with van der Waals surface area (Å²) >= 11 is 1.73. The average molecular weight is 268 g/mol.